The van der Waals surface area contributed by atoms with Crippen molar-refractivity contribution in [2.45, 2.75) is 13.0 Å². The van der Waals surface area contributed by atoms with Crippen molar-refractivity contribution in [3.63, 3.8) is 0 Å². The number of ether oxygens (including phenoxy) is 2. The highest BCUT2D eigenvalue weighted by Crippen LogP contribution is 2.18. The smallest absolute Gasteiger partial charge is 0.260 e. The minimum absolute atomic E-state index is 0.106. The highest BCUT2D eigenvalue weighted by Gasteiger charge is 2.13. The molecule has 5 heteroatoms. The van der Waals surface area contributed by atoms with E-state index in [0.29, 0.717) is 18.9 Å². The number of phenolic OH excluding ortho intramolecular Hbond substituents is 1. The molecular weight excluding hydrogens is 222 g/mol. The lowest BCUT2D eigenvalue weighted by atomic mass is 10.3. The van der Waals surface area contributed by atoms with Crippen molar-refractivity contribution in [2.24, 2.45) is 0 Å². The topological polar surface area (TPSA) is 67.8 Å². The van der Waals surface area contributed by atoms with Gasteiger partial charge in [0.1, 0.15) is 11.5 Å². The van der Waals surface area contributed by atoms with Crippen molar-refractivity contribution in [2.75, 3.05) is 20.3 Å². The maximum atomic E-state index is 11.6. The third kappa shape index (κ3) is 4.74. The second-order valence-electron chi connectivity index (χ2n) is 3.54. The summed E-state index contributed by atoms with van der Waals surface area (Å²) in [5.74, 6) is 0.347. The van der Waals surface area contributed by atoms with Gasteiger partial charge in [-0.1, -0.05) is 6.07 Å². The first-order valence-corrected chi connectivity index (χ1v) is 5.36. The molecule has 0 aromatic heterocycles. The minimum Gasteiger partial charge on any atom is -0.508 e. The maximum Gasteiger partial charge on any atom is 0.260 e. The standard InChI is InChI=1S/C12H17NO4/c1-9(12(15)13-6-7-16-2)17-11-5-3-4-10(14)8-11/h3-5,8-9,14H,6-7H2,1-2H3,(H,13,15). The summed E-state index contributed by atoms with van der Waals surface area (Å²) in [6, 6.07) is 6.33. The fourth-order valence-electron chi connectivity index (χ4n) is 1.23. The van der Waals surface area contributed by atoms with Gasteiger partial charge in [-0.2, -0.15) is 0 Å². The Morgan fingerprint density at radius 1 is 1.53 bits per heavy atom. The molecule has 0 heterocycles. The molecular formula is C12H17NO4. The van der Waals surface area contributed by atoms with Crippen LogP contribution in [0.3, 0.4) is 0 Å². The largest absolute Gasteiger partial charge is 0.508 e. The van der Waals surface area contributed by atoms with E-state index in [1.807, 2.05) is 0 Å². The number of phenols is 1. The number of nitrogens with one attached hydrogen (secondary N) is 1. The Hall–Kier alpha value is -1.75. The lowest BCUT2D eigenvalue weighted by molar-refractivity contribution is -0.127. The number of amides is 1. The normalized spacial score (nSPS) is 11.9. The fourth-order valence-corrected chi connectivity index (χ4v) is 1.23. The third-order valence-electron chi connectivity index (χ3n) is 2.11. The molecule has 17 heavy (non-hydrogen) atoms. The molecule has 0 saturated heterocycles. The van der Waals surface area contributed by atoms with Crippen molar-refractivity contribution < 1.29 is 19.4 Å². The zero-order valence-electron chi connectivity index (χ0n) is 9.97. The number of hydrogen-bond acceptors (Lipinski definition) is 4. The van der Waals surface area contributed by atoms with E-state index < -0.39 is 6.10 Å². The molecule has 0 fully saturated rings. The molecule has 0 aliphatic carbocycles. The average Bonchev–Trinajstić information content (AvgIpc) is 2.29. The first kappa shape index (κ1) is 13.3. The number of rotatable bonds is 6. The van der Waals surface area contributed by atoms with Gasteiger partial charge in [-0.15, -0.1) is 0 Å². The van der Waals surface area contributed by atoms with Crippen molar-refractivity contribution in [3.05, 3.63) is 24.3 Å². The summed E-state index contributed by atoms with van der Waals surface area (Å²) in [4.78, 5) is 11.6. The van der Waals surface area contributed by atoms with E-state index in [1.54, 1.807) is 26.2 Å². The van der Waals surface area contributed by atoms with Gasteiger partial charge < -0.3 is 19.9 Å². The zero-order valence-corrected chi connectivity index (χ0v) is 9.97. The van der Waals surface area contributed by atoms with Crippen LogP contribution in [0.25, 0.3) is 0 Å². The molecule has 0 bridgehead atoms. The van der Waals surface area contributed by atoms with E-state index in [2.05, 4.69) is 5.32 Å². The molecule has 5 nitrogen and oxygen atoms in total. The van der Waals surface area contributed by atoms with Crippen LogP contribution in [-0.2, 0) is 9.53 Å². The molecule has 1 atom stereocenters. The Kier molecular flexibility index (Phi) is 5.29. The number of methoxy groups -OCH3 is 1. The molecule has 1 unspecified atom stereocenters. The highest BCUT2D eigenvalue weighted by molar-refractivity contribution is 5.80. The molecule has 0 saturated carbocycles. The Labute approximate surface area is 100 Å². The van der Waals surface area contributed by atoms with E-state index in [9.17, 15) is 9.90 Å². The van der Waals surface area contributed by atoms with Gasteiger partial charge in [0.15, 0.2) is 6.10 Å². The van der Waals surface area contributed by atoms with Crippen molar-refractivity contribution >= 4 is 5.91 Å². The summed E-state index contributed by atoms with van der Waals surface area (Å²) in [7, 11) is 1.57. The lowest BCUT2D eigenvalue weighted by Crippen LogP contribution is -2.37. The fraction of sp³-hybridized carbons (Fsp3) is 0.417. The number of hydrogen-bond donors (Lipinski definition) is 2. The van der Waals surface area contributed by atoms with E-state index in [-0.39, 0.29) is 11.7 Å². The predicted octanol–water partition coefficient (Wildman–Crippen LogP) is 0.922. The maximum absolute atomic E-state index is 11.6. The quantitative estimate of drug-likeness (QED) is 0.724. The number of carbonyl (C=O) groups is 1. The molecule has 2 N–H and O–H groups in total. The summed E-state index contributed by atoms with van der Waals surface area (Å²) < 4.78 is 10.2. The van der Waals surface area contributed by atoms with Gasteiger partial charge in [0.2, 0.25) is 0 Å². The van der Waals surface area contributed by atoms with E-state index in [0.717, 1.165) is 0 Å². The molecule has 1 rings (SSSR count). The predicted molar refractivity (Wildman–Crippen MR) is 63.1 cm³/mol. The van der Waals surface area contributed by atoms with Crippen LogP contribution in [0, 0.1) is 0 Å². The Morgan fingerprint density at radius 3 is 2.94 bits per heavy atom. The first-order chi connectivity index (χ1) is 8.13. The molecule has 0 aliphatic heterocycles. The molecule has 94 valence electrons. The molecule has 0 aliphatic rings. The van der Waals surface area contributed by atoms with Gasteiger partial charge in [-0.3, -0.25) is 4.79 Å². The Morgan fingerprint density at radius 2 is 2.29 bits per heavy atom. The summed E-state index contributed by atoms with van der Waals surface area (Å²) >= 11 is 0. The summed E-state index contributed by atoms with van der Waals surface area (Å²) in [6.45, 7) is 2.56. The number of benzene rings is 1. The van der Waals surface area contributed by atoms with Crippen molar-refractivity contribution in [1.29, 1.82) is 0 Å². The third-order valence-corrected chi connectivity index (χ3v) is 2.11. The van der Waals surface area contributed by atoms with Gasteiger partial charge in [-0.25, -0.2) is 0 Å². The Balaban J connectivity index is 2.43. The second-order valence-corrected chi connectivity index (χ2v) is 3.54. The van der Waals surface area contributed by atoms with Crippen molar-refractivity contribution in [1.82, 2.24) is 5.32 Å². The second kappa shape index (κ2) is 6.75. The molecule has 1 aromatic carbocycles. The van der Waals surface area contributed by atoms with E-state index in [1.165, 1.54) is 12.1 Å². The van der Waals surface area contributed by atoms with E-state index >= 15 is 0 Å². The van der Waals surface area contributed by atoms with Crippen LogP contribution < -0.4 is 10.1 Å². The molecule has 0 radical (unpaired) electrons. The summed E-state index contributed by atoms with van der Waals surface area (Å²) in [5.41, 5.74) is 0. The van der Waals surface area contributed by atoms with Crippen LogP contribution in [0.5, 0.6) is 11.5 Å². The van der Waals surface area contributed by atoms with Crippen LogP contribution in [0.2, 0.25) is 0 Å². The van der Waals surface area contributed by atoms with Crippen molar-refractivity contribution in [3.8, 4) is 11.5 Å². The van der Waals surface area contributed by atoms with Crippen LogP contribution in [-0.4, -0.2) is 37.4 Å². The van der Waals surface area contributed by atoms with Gasteiger partial charge >= 0.3 is 0 Å². The number of carbonyl (C=O) groups excluding carboxylic acids is 1. The van der Waals surface area contributed by atoms with Crippen LogP contribution >= 0.6 is 0 Å². The monoisotopic (exact) mass is 239 g/mol. The summed E-state index contributed by atoms with van der Waals surface area (Å²) in [6.07, 6.45) is -0.617. The van der Waals surface area contributed by atoms with Gasteiger partial charge in [-0.05, 0) is 19.1 Å². The molecule has 1 aromatic rings. The average molecular weight is 239 g/mol. The summed E-state index contributed by atoms with van der Waals surface area (Å²) in [5, 5.41) is 11.9. The lowest BCUT2D eigenvalue weighted by Gasteiger charge is -2.14. The van der Waals surface area contributed by atoms with Gasteiger partial charge in [0.25, 0.3) is 5.91 Å². The van der Waals surface area contributed by atoms with Gasteiger partial charge in [0, 0.05) is 19.7 Å². The van der Waals surface area contributed by atoms with Crippen LogP contribution in [0.1, 0.15) is 6.92 Å². The Bertz CT molecular complexity index is 367. The minimum atomic E-state index is -0.617. The first-order valence-electron chi connectivity index (χ1n) is 5.36. The van der Waals surface area contributed by atoms with Crippen LogP contribution in [0.4, 0.5) is 0 Å². The van der Waals surface area contributed by atoms with Gasteiger partial charge in [0.05, 0.1) is 6.61 Å². The SMILES string of the molecule is COCCNC(=O)C(C)Oc1cccc(O)c1. The zero-order chi connectivity index (χ0) is 12.7. The van der Waals surface area contributed by atoms with Crippen LogP contribution in [0.15, 0.2) is 24.3 Å². The molecule has 1 amide bonds. The number of aromatic hydroxyl groups is 1. The van der Waals surface area contributed by atoms with E-state index in [4.69, 9.17) is 9.47 Å². The highest BCUT2D eigenvalue weighted by atomic mass is 16.5. The molecule has 0 spiro atoms.